The van der Waals surface area contributed by atoms with Crippen LogP contribution >= 0.6 is 0 Å². The summed E-state index contributed by atoms with van der Waals surface area (Å²) in [5.41, 5.74) is 8.57. The molecule has 38 heavy (non-hydrogen) atoms. The second-order valence-corrected chi connectivity index (χ2v) is 11.2. The van der Waals surface area contributed by atoms with E-state index in [1.54, 1.807) is 12.1 Å². The molecule has 2 atom stereocenters. The van der Waals surface area contributed by atoms with E-state index < -0.39 is 12.0 Å². The molecule has 9 nitrogen and oxygen atoms in total. The van der Waals surface area contributed by atoms with Crippen LogP contribution in [0, 0.1) is 5.41 Å². The number of aromatic carboxylic acids is 1. The summed E-state index contributed by atoms with van der Waals surface area (Å²) in [6.45, 7) is 9.52. The molecule has 0 radical (unpaired) electrons. The van der Waals surface area contributed by atoms with Gasteiger partial charge in [-0.2, -0.15) is 0 Å². The molecule has 0 aromatic heterocycles. The van der Waals surface area contributed by atoms with Gasteiger partial charge in [0.15, 0.2) is 0 Å². The molecule has 2 aromatic rings. The van der Waals surface area contributed by atoms with E-state index in [0.717, 1.165) is 43.9 Å². The van der Waals surface area contributed by atoms with Crippen LogP contribution in [0.1, 0.15) is 55.5 Å². The lowest BCUT2D eigenvalue weighted by Crippen LogP contribution is -2.54. The van der Waals surface area contributed by atoms with Crippen molar-refractivity contribution in [3.63, 3.8) is 0 Å². The number of carbonyl (C=O) groups excluding carboxylic acids is 2. The first-order valence-electron chi connectivity index (χ1n) is 13.2. The Morgan fingerprint density at radius 1 is 1.03 bits per heavy atom. The Kier molecular flexibility index (Phi) is 8.50. The Morgan fingerprint density at radius 2 is 1.66 bits per heavy atom. The normalized spacial score (nSPS) is 19.2. The fourth-order valence-electron chi connectivity index (χ4n) is 5.51. The summed E-state index contributed by atoms with van der Waals surface area (Å²) in [7, 11) is 0. The van der Waals surface area contributed by atoms with E-state index in [2.05, 4.69) is 10.2 Å². The molecule has 2 saturated heterocycles. The molecule has 204 valence electrons. The van der Waals surface area contributed by atoms with Crippen LogP contribution in [0.3, 0.4) is 0 Å². The maximum atomic E-state index is 13.1. The first-order valence-corrected chi connectivity index (χ1v) is 13.2. The van der Waals surface area contributed by atoms with Gasteiger partial charge in [-0.1, -0.05) is 32.9 Å². The van der Waals surface area contributed by atoms with Crippen LogP contribution < -0.4 is 16.0 Å². The van der Waals surface area contributed by atoms with Crippen LogP contribution in [-0.2, 0) is 14.3 Å². The topological polar surface area (TPSA) is 125 Å². The number of nitrogens with one attached hydrogen (secondary N) is 1. The molecule has 2 amide bonds. The molecule has 0 aliphatic carbocycles. The summed E-state index contributed by atoms with van der Waals surface area (Å²) >= 11 is 0. The molecule has 0 spiro atoms. The van der Waals surface area contributed by atoms with Gasteiger partial charge in [0.2, 0.25) is 11.8 Å². The van der Waals surface area contributed by atoms with Crippen molar-refractivity contribution in [3.8, 4) is 0 Å². The molecule has 4 N–H and O–H groups in total. The van der Waals surface area contributed by atoms with Gasteiger partial charge in [-0.25, -0.2) is 4.79 Å². The summed E-state index contributed by atoms with van der Waals surface area (Å²) in [6.07, 6.45) is 1.94. The number of nitrogens with zero attached hydrogens (tertiary/aromatic N) is 2. The number of ether oxygens (including phenoxy) is 1. The zero-order valence-electron chi connectivity index (χ0n) is 22.4. The van der Waals surface area contributed by atoms with Crippen molar-refractivity contribution in [1.29, 1.82) is 0 Å². The number of piperazine rings is 1. The van der Waals surface area contributed by atoms with Gasteiger partial charge in [0.1, 0.15) is 0 Å². The van der Waals surface area contributed by atoms with E-state index >= 15 is 0 Å². The summed E-state index contributed by atoms with van der Waals surface area (Å²) in [5.74, 6) is -1.58. The highest BCUT2D eigenvalue weighted by atomic mass is 16.5. The lowest BCUT2D eigenvalue weighted by molar-refractivity contribution is -0.122. The van der Waals surface area contributed by atoms with Gasteiger partial charge in [-0.15, -0.1) is 0 Å². The molecule has 2 fully saturated rings. The van der Waals surface area contributed by atoms with Crippen molar-refractivity contribution < 1.29 is 24.2 Å². The first-order chi connectivity index (χ1) is 18.0. The van der Waals surface area contributed by atoms with Gasteiger partial charge in [-0.3, -0.25) is 14.5 Å². The van der Waals surface area contributed by atoms with Crippen LogP contribution in [0.5, 0.6) is 0 Å². The minimum Gasteiger partial charge on any atom is -0.478 e. The number of benzene rings is 2. The number of carbonyl (C=O) groups is 3. The minimum absolute atomic E-state index is 0.0906. The third-order valence-electron chi connectivity index (χ3n) is 7.52. The molecule has 2 heterocycles. The van der Waals surface area contributed by atoms with Gasteiger partial charge in [0.25, 0.3) is 0 Å². The summed E-state index contributed by atoms with van der Waals surface area (Å²) < 4.78 is 5.46. The van der Waals surface area contributed by atoms with Gasteiger partial charge in [-0.05, 0) is 60.2 Å². The van der Waals surface area contributed by atoms with Gasteiger partial charge < -0.3 is 25.8 Å². The van der Waals surface area contributed by atoms with Gasteiger partial charge >= 0.3 is 5.97 Å². The zero-order chi connectivity index (χ0) is 27.4. The van der Waals surface area contributed by atoms with Gasteiger partial charge in [0, 0.05) is 49.6 Å². The third kappa shape index (κ3) is 6.40. The van der Waals surface area contributed by atoms with Crippen molar-refractivity contribution in [2.24, 2.45) is 11.1 Å². The number of carboxylic acids is 1. The highest BCUT2D eigenvalue weighted by Gasteiger charge is 2.36. The Bertz CT molecular complexity index is 1140. The minimum atomic E-state index is -1.03. The van der Waals surface area contributed by atoms with Crippen LogP contribution in [-0.4, -0.2) is 72.7 Å². The SMILES string of the molecule is CC(C)(C)C(c1ccc(N2CCN(C3CCOCC3)CC2=O)cc1)C(N)C(=O)Nc1ccc(C(=O)O)cc1. The fourth-order valence-corrected chi connectivity index (χ4v) is 5.51. The number of carboxylic acid groups (broad SMARTS) is 1. The Balaban J connectivity index is 1.44. The Morgan fingerprint density at radius 3 is 2.21 bits per heavy atom. The van der Waals surface area contributed by atoms with E-state index in [9.17, 15) is 14.4 Å². The average Bonchev–Trinajstić information content (AvgIpc) is 2.89. The predicted molar refractivity (Wildman–Crippen MR) is 146 cm³/mol. The van der Waals surface area contributed by atoms with E-state index in [1.807, 2.05) is 49.9 Å². The van der Waals surface area contributed by atoms with E-state index in [4.69, 9.17) is 15.6 Å². The number of amides is 2. The molecule has 9 heteroatoms. The predicted octanol–water partition coefficient (Wildman–Crippen LogP) is 3.31. The zero-order valence-corrected chi connectivity index (χ0v) is 22.4. The molecule has 2 unspecified atom stereocenters. The second kappa shape index (κ2) is 11.6. The number of hydrogen-bond donors (Lipinski definition) is 3. The Hall–Kier alpha value is -3.27. The maximum absolute atomic E-state index is 13.1. The highest BCUT2D eigenvalue weighted by molar-refractivity contribution is 5.97. The monoisotopic (exact) mass is 522 g/mol. The van der Waals surface area contributed by atoms with Crippen molar-refractivity contribution in [2.75, 3.05) is 43.1 Å². The first kappa shape index (κ1) is 27.8. The average molecular weight is 523 g/mol. The van der Waals surface area contributed by atoms with Crippen molar-refractivity contribution >= 4 is 29.2 Å². The molecular formula is C29H38N4O5. The smallest absolute Gasteiger partial charge is 0.335 e. The lowest BCUT2D eigenvalue weighted by atomic mass is 9.72. The largest absolute Gasteiger partial charge is 0.478 e. The Labute approximate surface area is 223 Å². The summed E-state index contributed by atoms with van der Waals surface area (Å²) in [6, 6.07) is 13.3. The lowest BCUT2D eigenvalue weighted by Gasteiger charge is -2.40. The summed E-state index contributed by atoms with van der Waals surface area (Å²) in [4.78, 5) is 41.3. The van der Waals surface area contributed by atoms with Crippen LogP contribution in [0.15, 0.2) is 48.5 Å². The third-order valence-corrected chi connectivity index (χ3v) is 7.52. The quantitative estimate of drug-likeness (QED) is 0.509. The molecule has 0 bridgehead atoms. The molecule has 2 aromatic carbocycles. The second-order valence-electron chi connectivity index (χ2n) is 11.2. The number of hydrogen-bond acceptors (Lipinski definition) is 6. The van der Waals surface area contributed by atoms with Crippen molar-refractivity contribution in [2.45, 2.75) is 51.6 Å². The number of rotatable bonds is 7. The number of nitrogens with two attached hydrogens (primary N) is 1. The van der Waals surface area contributed by atoms with E-state index in [1.165, 1.54) is 12.1 Å². The molecule has 2 aliphatic rings. The van der Waals surface area contributed by atoms with E-state index in [-0.39, 0.29) is 28.7 Å². The van der Waals surface area contributed by atoms with E-state index in [0.29, 0.717) is 24.8 Å². The van der Waals surface area contributed by atoms with Gasteiger partial charge in [0.05, 0.1) is 18.2 Å². The van der Waals surface area contributed by atoms with Crippen molar-refractivity contribution in [1.82, 2.24) is 4.90 Å². The molecule has 0 saturated carbocycles. The summed E-state index contributed by atoms with van der Waals surface area (Å²) in [5, 5.41) is 11.9. The molecule has 2 aliphatic heterocycles. The maximum Gasteiger partial charge on any atom is 0.335 e. The number of anilines is 2. The highest BCUT2D eigenvalue weighted by Crippen LogP contribution is 2.38. The molecule has 4 rings (SSSR count). The van der Waals surface area contributed by atoms with Crippen LogP contribution in [0.2, 0.25) is 0 Å². The van der Waals surface area contributed by atoms with Crippen LogP contribution in [0.25, 0.3) is 0 Å². The van der Waals surface area contributed by atoms with Crippen LogP contribution in [0.4, 0.5) is 11.4 Å². The standard InChI is InChI=1S/C29H38N4O5/c1-29(2,3)25(26(30)27(35)31-21-8-4-20(5-9-21)28(36)37)19-6-10-23(11-7-19)33-15-14-32(18-24(33)34)22-12-16-38-17-13-22/h4-11,22,25-26H,12-18,30H2,1-3H3,(H,31,35)(H,36,37). The molecular weight excluding hydrogens is 484 g/mol. The van der Waals surface area contributed by atoms with Crippen molar-refractivity contribution in [3.05, 3.63) is 59.7 Å². The fraction of sp³-hybridized carbons (Fsp3) is 0.483.